The number of esters is 1. The minimum absolute atomic E-state index is 0.147. The van der Waals surface area contributed by atoms with Gasteiger partial charge in [0.25, 0.3) is 5.91 Å². The summed E-state index contributed by atoms with van der Waals surface area (Å²) in [7, 11) is 1.61. The fraction of sp³-hybridized carbons (Fsp3) is 0.391. The van der Waals surface area contributed by atoms with E-state index in [1.54, 1.807) is 12.0 Å². The Hall–Kier alpha value is -2.86. The maximum absolute atomic E-state index is 13.1. The molecule has 3 atom stereocenters. The number of amides is 1. The van der Waals surface area contributed by atoms with Gasteiger partial charge in [0, 0.05) is 19.5 Å². The summed E-state index contributed by atoms with van der Waals surface area (Å²) in [6.45, 7) is 1.69. The lowest BCUT2D eigenvalue weighted by molar-refractivity contribution is -0.165. The predicted molar refractivity (Wildman–Crippen MR) is 108 cm³/mol. The number of nitrogens with zero attached hydrogens (tertiary/aromatic N) is 1. The van der Waals surface area contributed by atoms with Crippen LogP contribution in [0.25, 0.3) is 0 Å². The molecule has 1 N–H and O–H groups in total. The third kappa shape index (κ3) is 5.35. The average molecular weight is 397 g/mol. The van der Waals surface area contributed by atoms with Crippen molar-refractivity contribution in [2.24, 2.45) is 0 Å². The van der Waals surface area contributed by atoms with Crippen molar-refractivity contribution in [3.8, 4) is 5.75 Å². The van der Waals surface area contributed by atoms with E-state index >= 15 is 0 Å². The largest absolute Gasteiger partial charge is 0.497 e. The molecule has 1 unspecified atom stereocenters. The molecular weight excluding hydrogens is 370 g/mol. The molecule has 1 fully saturated rings. The molecule has 6 nitrogen and oxygen atoms in total. The number of aliphatic hydroxyl groups excluding tert-OH is 1. The minimum Gasteiger partial charge on any atom is -0.497 e. The van der Waals surface area contributed by atoms with Crippen molar-refractivity contribution < 1.29 is 24.2 Å². The van der Waals surface area contributed by atoms with Crippen LogP contribution in [0.4, 0.5) is 0 Å². The summed E-state index contributed by atoms with van der Waals surface area (Å²) in [6.07, 6.45) is 0.111. The SMILES string of the molecule is COc1ccc(CN2C(=O)[C@@H](OC(C)=O)CC[C@H]2CC(O)c2ccccc2)cc1. The van der Waals surface area contributed by atoms with Gasteiger partial charge in [-0.3, -0.25) is 9.59 Å². The van der Waals surface area contributed by atoms with Crippen LogP contribution in [-0.4, -0.2) is 41.1 Å². The number of ether oxygens (including phenoxy) is 2. The number of benzene rings is 2. The maximum Gasteiger partial charge on any atom is 0.303 e. The summed E-state index contributed by atoms with van der Waals surface area (Å²) in [5, 5.41) is 10.7. The normalized spacial score (nSPS) is 20.2. The smallest absolute Gasteiger partial charge is 0.303 e. The number of carbonyl (C=O) groups is 2. The van der Waals surface area contributed by atoms with E-state index in [0.717, 1.165) is 16.9 Å². The third-order valence-corrected chi connectivity index (χ3v) is 5.26. The second-order valence-electron chi connectivity index (χ2n) is 7.31. The molecule has 6 heteroatoms. The van der Waals surface area contributed by atoms with Crippen molar-refractivity contribution in [1.82, 2.24) is 4.90 Å². The van der Waals surface area contributed by atoms with Crippen LogP contribution >= 0.6 is 0 Å². The average Bonchev–Trinajstić information content (AvgIpc) is 2.73. The van der Waals surface area contributed by atoms with E-state index in [9.17, 15) is 14.7 Å². The van der Waals surface area contributed by atoms with Crippen LogP contribution in [0.2, 0.25) is 0 Å². The Bertz CT molecular complexity index is 821. The van der Waals surface area contributed by atoms with Crippen LogP contribution in [0.1, 0.15) is 43.4 Å². The van der Waals surface area contributed by atoms with Gasteiger partial charge in [0.05, 0.1) is 13.2 Å². The first-order valence-electron chi connectivity index (χ1n) is 9.81. The summed E-state index contributed by atoms with van der Waals surface area (Å²) >= 11 is 0. The first kappa shape index (κ1) is 20.9. The van der Waals surface area contributed by atoms with Crippen molar-refractivity contribution in [3.05, 3.63) is 65.7 Å². The molecule has 2 aromatic rings. The Morgan fingerprint density at radius 3 is 2.45 bits per heavy atom. The molecule has 0 spiro atoms. The van der Waals surface area contributed by atoms with Gasteiger partial charge in [0.15, 0.2) is 6.10 Å². The first-order valence-corrected chi connectivity index (χ1v) is 9.81. The maximum atomic E-state index is 13.1. The highest BCUT2D eigenvalue weighted by Crippen LogP contribution is 2.30. The summed E-state index contributed by atoms with van der Waals surface area (Å²) in [5.74, 6) is 0.0654. The summed E-state index contributed by atoms with van der Waals surface area (Å²) in [6, 6.07) is 16.8. The molecule has 2 aromatic carbocycles. The standard InChI is InChI=1S/C23H27NO5/c1-16(25)29-22-13-10-19(14-21(26)18-6-4-3-5-7-18)24(23(22)27)15-17-8-11-20(28-2)12-9-17/h3-9,11-12,19,21-22,26H,10,13-15H2,1-2H3/t19-,21?,22-/m0/s1. The predicted octanol–water partition coefficient (Wildman–Crippen LogP) is 3.24. The van der Waals surface area contributed by atoms with E-state index in [4.69, 9.17) is 9.47 Å². The molecule has 0 saturated carbocycles. The summed E-state index contributed by atoms with van der Waals surface area (Å²) < 4.78 is 10.4. The fourth-order valence-corrected chi connectivity index (χ4v) is 3.75. The number of rotatable bonds is 7. The number of likely N-dealkylation sites (tertiary alicyclic amines) is 1. The van der Waals surface area contributed by atoms with E-state index in [2.05, 4.69) is 0 Å². The van der Waals surface area contributed by atoms with Gasteiger partial charge in [-0.2, -0.15) is 0 Å². The van der Waals surface area contributed by atoms with E-state index < -0.39 is 18.2 Å². The van der Waals surface area contributed by atoms with E-state index in [0.29, 0.717) is 25.8 Å². The van der Waals surface area contributed by atoms with Crippen LogP contribution < -0.4 is 4.74 Å². The lowest BCUT2D eigenvalue weighted by Crippen LogP contribution is -2.51. The molecule has 1 amide bonds. The summed E-state index contributed by atoms with van der Waals surface area (Å²) in [5.41, 5.74) is 1.77. The Morgan fingerprint density at radius 2 is 1.83 bits per heavy atom. The molecule has 1 saturated heterocycles. The quantitative estimate of drug-likeness (QED) is 0.726. The zero-order valence-corrected chi connectivity index (χ0v) is 16.8. The number of hydrogen-bond donors (Lipinski definition) is 1. The van der Waals surface area contributed by atoms with Gasteiger partial charge in [0.1, 0.15) is 5.75 Å². The van der Waals surface area contributed by atoms with Crippen molar-refractivity contribution in [2.45, 2.75) is 51.0 Å². The molecule has 0 aromatic heterocycles. The van der Waals surface area contributed by atoms with Crippen molar-refractivity contribution in [1.29, 1.82) is 0 Å². The van der Waals surface area contributed by atoms with Crippen LogP contribution in [-0.2, 0) is 20.9 Å². The highest BCUT2D eigenvalue weighted by atomic mass is 16.5. The van der Waals surface area contributed by atoms with Crippen molar-refractivity contribution >= 4 is 11.9 Å². The van der Waals surface area contributed by atoms with Crippen LogP contribution in [0.5, 0.6) is 5.75 Å². The second kappa shape index (κ2) is 9.56. The van der Waals surface area contributed by atoms with Gasteiger partial charge in [0.2, 0.25) is 0 Å². The zero-order valence-electron chi connectivity index (χ0n) is 16.8. The van der Waals surface area contributed by atoms with Gasteiger partial charge < -0.3 is 19.5 Å². The molecule has 0 aliphatic carbocycles. The second-order valence-corrected chi connectivity index (χ2v) is 7.31. The molecular formula is C23H27NO5. The number of hydrogen-bond acceptors (Lipinski definition) is 5. The molecule has 29 heavy (non-hydrogen) atoms. The van der Waals surface area contributed by atoms with Gasteiger partial charge in [-0.25, -0.2) is 0 Å². The Morgan fingerprint density at radius 1 is 1.14 bits per heavy atom. The van der Waals surface area contributed by atoms with E-state index in [1.807, 2.05) is 54.6 Å². The zero-order chi connectivity index (χ0) is 20.8. The van der Waals surface area contributed by atoms with Crippen molar-refractivity contribution in [2.75, 3.05) is 7.11 Å². The van der Waals surface area contributed by atoms with E-state index in [-0.39, 0.29) is 11.9 Å². The lowest BCUT2D eigenvalue weighted by atomic mass is 9.92. The van der Waals surface area contributed by atoms with Crippen LogP contribution in [0, 0.1) is 0 Å². The minimum atomic E-state index is -0.768. The number of aliphatic hydroxyl groups is 1. The Labute approximate surface area is 171 Å². The van der Waals surface area contributed by atoms with Gasteiger partial charge in [-0.1, -0.05) is 42.5 Å². The third-order valence-electron chi connectivity index (χ3n) is 5.26. The van der Waals surface area contributed by atoms with Crippen LogP contribution in [0.15, 0.2) is 54.6 Å². The van der Waals surface area contributed by atoms with Gasteiger partial charge >= 0.3 is 5.97 Å². The van der Waals surface area contributed by atoms with Crippen LogP contribution in [0.3, 0.4) is 0 Å². The highest BCUT2D eigenvalue weighted by Gasteiger charge is 2.38. The molecule has 1 aliphatic rings. The lowest BCUT2D eigenvalue weighted by Gasteiger charge is -2.39. The summed E-state index contributed by atoms with van der Waals surface area (Å²) in [4.78, 5) is 26.2. The topological polar surface area (TPSA) is 76.1 Å². The molecule has 3 rings (SSSR count). The van der Waals surface area contributed by atoms with Gasteiger partial charge in [-0.15, -0.1) is 0 Å². The van der Waals surface area contributed by atoms with Gasteiger partial charge in [-0.05, 0) is 42.5 Å². The highest BCUT2D eigenvalue weighted by molar-refractivity contribution is 5.84. The molecule has 1 aliphatic heterocycles. The monoisotopic (exact) mass is 397 g/mol. The number of methoxy groups -OCH3 is 1. The molecule has 0 bridgehead atoms. The van der Waals surface area contributed by atoms with Crippen molar-refractivity contribution in [3.63, 3.8) is 0 Å². The number of piperidine rings is 1. The Balaban J connectivity index is 1.78. The molecule has 154 valence electrons. The number of carbonyl (C=O) groups excluding carboxylic acids is 2. The Kier molecular flexibility index (Phi) is 6.88. The fourth-order valence-electron chi connectivity index (χ4n) is 3.75. The molecule has 0 radical (unpaired) electrons. The van der Waals surface area contributed by atoms with E-state index in [1.165, 1.54) is 6.92 Å². The first-order chi connectivity index (χ1) is 14.0. The molecule has 1 heterocycles.